The van der Waals surface area contributed by atoms with E-state index in [0.717, 1.165) is 42.5 Å². The van der Waals surface area contributed by atoms with Crippen molar-refractivity contribution in [1.82, 2.24) is 0 Å². The van der Waals surface area contributed by atoms with Crippen LogP contribution < -0.4 is 0 Å². The second-order valence-corrected chi connectivity index (χ2v) is 10.9. The standard InChI is InChI=1S/C17H20O8.C11H13O10P.3C3H4O2/c1-5-13(18)22-9-17(10-23-14(19)6-2,11-24-15(20)7-3)12-25-16(21)8-4;1-4-8(12)19-11(20-9(13)5-2,21-10(14)6-3)7-18-22(15,16)17;3*1-2-3(4)5/h5-8H,1-4,9-12H2;4-6H,1-3,7H2,(H2,15,16,17);3*2H,1H2,(H,4,5). The molecule has 25 heteroatoms. The van der Waals surface area contributed by atoms with Crippen LogP contribution in [0.1, 0.15) is 0 Å². The minimum Gasteiger partial charge on any atom is -0.478 e. The molecular weight excluding hydrogens is 859 g/mol. The summed E-state index contributed by atoms with van der Waals surface area (Å²) in [4.78, 5) is 124. The number of carboxylic acid groups (broad SMARTS) is 3. The fourth-order valence-electron chi connectivity index (χ4n) is 2.28. The van der Waals surface area contributed by atoms with Gasteiger partial charge in [0.05, 0.1) is 0 Å². The second-order valence-electron chi connectivity index (χ2n) is 9.70. The zero-order valence-corrected chi connectivity index (χ0v) is 33.7. The quantitative estimate of drug-likeness (QED) is 0.0302. The van der Waals surface area contributed by atoms with Gasteiger partial charge in [-0.2, -0.15) is 0 Å². The number of rotatable bonds is 24. The van der Waals surface area contributed by atoms with Crippen molar-refractivity contribution in [1.29, 1.82) is 0 Å². The van der Waals surface area contributed by atoms with E-state index >= 15 is 0 Å². The molecule has 0 radical (unpaired) electrons. The number of esters is 7. The lowest BCUT2D eigenvalue weighted by atomic mass is 9.92. The largest absolute Gasteiger partial charge is 0.478 e. The molecule has 0 amide bonds. The third-order valence-corrected chi connectivity index (χ3v) is 5.42. The molecule has 0 aliphatic carbocycles. The highest BCUT2D eigenvalue weighted by atomic mass is 31.2. The monoisotopic (exact) mass is 904 g/mol. The summed E-state index contributed by atoms with van der Waals surface area (Å²) in [5, 5.41) is 22.8. The molecule has 0 heterocycles. The van der Waals surface area contributed by atoms with Gasteiger partial charge in [-0.05, 0) is 0 Å². The molecule has 0 saturated heterocycles. The number of hydrogen-bond donors (Lipinski definition) is 5. The Bertz CT molecular complexity index is 1530. The van der Waals surface area contributed by atoms with Crippen LogP contribution in [0.5, 0.6) is 0 Å². The van der Waals surface area contributed by atoms with E-state index in [4.69, 9.17) is 44.1 Å². The van der Waals surface area contributed by atoms with Crippen LogP contribution in [0.15, 0.2) is 127 Å². The van der Waals surface area contributed by atoms with E-state index in [1.807, 2.05) is 0 Å². The first kappa shape index (κ1) is 63.4. The first-order valence-electron chi connectivity index (χ1n) is 15.7. The molecule has 0 saturated carbocycles. The third-order valence-electron chi connectivity index (χ3n) is 4.95. The van der Waals surface area contributed by atoms with Crippen molar-refractivity contribution in [2.24, 2.45) is 5.41 Å². The Morgan fingerprint density at radius 1 is 0.387 bits per heavy atom. The smallest absolute Gasteiger partial charge is 0.470 e. The first-order valence-corrected chi connectivity index (χ1v) is 17.2. The molecule has 0 aliphatic heterocycles. The molecule has 0 rings (SSSR count). The molecule has 0 atom stereocenters. The van der Waals surface area contributed by atoms with Crippen molar-refractivity contribution in [3.05, 3.63) is 127 Å². The van der Waals surface area contributed by atoms with Gasteiger partial charge in [-0.25, -0.2) is 52.5 Å². The Morgan fingerprint density at radius 2 is 0.581 bits per heavy atom. The molecule has 0 aromatic heterocycles. The van der Waals surface area contributed by atoms with E-state index < -0.39 is 85.5 Å². The number of ether oxygens (including phenoxy) is 7. The summed E-state index contributed by atoms with van der Waals surface area (Å²) in [6.07, 6.45) is 8.05. The molecule has 0 aliphatic rings. The molecule has 0 aromatic carbocycles. The maximum absolute atomic E-state index is 11.3. The molecule has 5 N–H and O–H groups in total. The lowest BCUT2D eigenvalue weighted by Crippen LogP contribution is -2.47. The number of hydrogen-bond acceptors (Lipinski definition) is 19. The summed E-state index contributed by atoms with van der Waals surface area (Å²) in [6, 6.07) is 0. The van der Waals surface area contributed by atoms with Crippen LogP contribution in [0, 0.1) is 5.41 Å². The number of carbonyl (C=O) groups excluding carboxylic acids is 7. The molecule has 0 unspecified atom stereocenters. The van der Waals surface area contributed by atoms with E-state index in [1.54, 1.807) is 0 Å². The molecule has 0 fully saturated rings. The Kier molecular flexibility index (Phi) is 37.1. The summed E-state index contributed by atoms with van der Waals surface area (Å²) >= 11 is 0. The van der Waals surface area contributed by atoms with Crippen LogP contribution in [0.3, 0.4) is 0 Å². The van der Waals surface area contributed by atoms with Crippen molar-refractivity contribution in [3.8, 4) is 0 Å². The molecular formula is C37H45O24P. The molecule has 0 spiro atoms. The summed E-state index contributed by atoms with van der Waals surface area (Å²) in [6.45, 7) is 28.3. The van der Waals surface area contributed by atoms with Crippen LogP contribution in [0.2, 0.25) is 0 Å². The van der Waals surface area contributed by atoms with E-state index in [0.29, 0.717) is 18.2 Å². The number of carbonyl (C=O) groups is 10. The number of aliphatic carboxylic acids is 3. The van der Waals surface area contributed by atoms with Gasteiger partial charge in [-0.15, -0.1) is 0 Å². The van der Waals surface area contributed by atoms with Crippen molar-refractivity contribution >= 4 is 67.5 Å². The number of phosphoric ester groups is 1. The van der Waals surface area contributed by atoms with Gasteiger partial charge in [0.1, 0.15) is 31.8 Å². The van der Waals surface area contributed by atoms with Crippen molar-refractivity contribution < 1.29 is 115 Å². The molecule has 342 valence electrons. The minimum absolute atomic E-state index is 0.378. The van der Waals surface area contributed by atoms with Crippen molar-refractivity contribution in [2.75, 3.05) is 33.0 Å². The molecule has 0 bridgehead atoms. The fraction of sp³-hybridized carbons (Fsp3) is 0.189. The molecule has 24 nitrogen and oxygen atoms in total. The summed E-state index contributed by atoms with van der Waals surface area (Å²) in [5.41, 5.74) is -1.34. The maximum Gasteiger partial charge on any atom is 0.470 e. The van der Waals surface area contributed by atoms with Gasteiger partial charge in [-0.1, -0.05) is 65.8 Å². The Morgan fingerprint density at radius 3 is 0.726 bits per heavy atom. The molecule has 0 aromatic rings. The summed E-state index contributed by atoms with van der Waals surface area (Å²) in [7, 11) is -5.07. The van der Waals surface area contributed by atoms with Gasteiger partial charge in [0.15, 0.2) is 6.61 Å². The average molecular weight is 905 g/mol. The Labute approximate surface area is 353 Å². The third kappa shape index (κ3) is 40.4. The average Bonchev–Trinajstić information content (AvgIpc) is 3.24. The SMILES string of the molecule is C=CC(=O)O.C=CC(=O)O.C=CC(=O)O.C=CC(=O)OC(COP(=O)(O)O)(OC(=O)C=C)OC(=O)C=C.C=CC(=O)OCC(COC(=O)C=C)(COC(=O)C=C)COC(=O)C=C. The van der Waals surface area contributed by atoms with Crippen LogP contribution in [0.25, 0.3) is 0 Å². The number of phosphoric acid groups is 1. The minimum atomic E-state index is -5.07. The van der Waals surface area contributed by atoms with Crippen LogP contribution >= 0.6 is 7.82 Å². The van der Waals surface area contributed by atoms with E-state index in [2.05, 4.69) is 84.5 Å². The van der Waals surface area contributed by atoms with E-state index in [1.165, 1.54) is 0 Å². The highest BCUT2D eigenvalue weighted by Crippen LogP contribution is 2.38. The van der Waals surface area contributed by atoms with Gasteiger partial charge in [0, 0.05) is 60.8 Å². The van der Waals surface area contributed by atoms with Gasteiger partial charge >= 0.3 is 73.5 Å². The van der Waals surface area contributed by atoms with Gasteiger partial charge in [0.2, 0.25) is 0 Å². The first-order chi connectivity index (χ1) is 28.7. The fourth-order valence-corrected chi connectivity index (χ4v) is 2.61. The zero-order valence-electron chi connectivity index (χ0n) is 32.8. The maximum atomic E-state index is 11.3. The Balaban J connectivity index is -0.000000263. The second kappa shape index (κ2) is 36.3. The van der Waals surface area contributed by atoms with E-state index in [-0.39, 0.29) is 26.4 Å². The molecule has 62 heavy (non-hydrogen) atoms. The highest BCUT2D eigenvalue weighted by Gasteiger charge is 2.45. The zero-order chi connectivity index (χ0) is 49.5. The lowest BCUT2D eigenvalue weighted by molar-refractivity contribution is -0.334. The number of carboxylic acids is 3. The highest BCUT2D eigenvalue weighted by molar-refractivity contribution is 7.46. The van der Waals surface area contributed by atoms with Crippen LogP contribution in [-0.2, 0) is 90.2 Å². The van der Waals surface area contributed by atoms with Gasteiger partial charge in [0.25, 0.3) is 0 Å². The summed E-state index contributed by atoms with van der Waals surface area (Å²) < 4.78 is 48.1. The Hall–Kier alpha value is -7.79. The van der Waals surface area contributed by atoms with Gasteiger partial charge in [-0.3, -0.25) is 4.52 Å². The van der Waals surface area contributed by atoms with Crippen LogP contribution in [0.4, 0.5) is 0 Å². The van der Waals surface area contributed by atoms with E-state index in [9.17, 15) is 52.5 Å². The lowest BCUT2D eigenvalue weighted by Gasteiger charge is -2.31. The van der Waals surface area contributed by atoms with Crippen molar-refractivity contribution in [3.63, 3.8) is 0 Å². The van der Waals surface area contributed by atoms with Gasteiger partial charge < -0.3 is 58.3 Å². The van der Waals surface area contributed by atoms with Crippen LogP contribution in [-0.4, -0.2) is 124 Å². The normalized spacial score (nSPS) is 9.45. The predicted octanol–water partition coefficient (Wildman–Crippen LogP) is 1.60. The predicted molar refractivity (Wildman–Crippen MR) is 210 cm³/mol. The van der Waals surface area contributed by atoms with Crippen molar-refractivity contribution in [2.45, 2.75) is 5.97 Å². The topological polar surface area (TPSA) is 363 Å². The summed E-state index contributed by atoms with van der Waals surface area (Å²) in [5.74, 6) is -12.6.